The first-order valence-corrected chi connectivity index (χ1v) is 7.29. The number of halogens is 3. The number of hydrogen-bond acceptors (Lipinski definition) is 2. The summed E-state index contributed by atoms with van der Waals surface area (Å²) in [5.41, 5.74) is 0.223. The Bertz CT molecular complexity index is 463. The number of alkyl halides is 3. The van der Waals surface area contributed by atoms with Crippen molar-refractivity contribution in [1.29, 1.82) is 0 Å². The van der Waals surface area contributed by atoms with Crippen molar-refractivity contribution in [1.82, 2.24) is 0 Å². The summed E-state index contributed by atoms with van der Waals surface area (Å²) in [6.07, 6.45) is -2.92. The Kier molecular flexibility index (Phi) is 4.81. The zero-order valence-electron chi connectivity index (χ0n) is 12.2. The van der Waals surface area contributed by atoms with Crippen molar-refractivity contribution in [2.75, 3.05) is 0 Å². The number of hydrogen-bond donors (Lipinski definition) is 1. The second-order valence-corrected chi connectivity index (χ2v) is 6.21. The standard InChI is InChI=1S/C16H21F3O2/c1-10-7-11(2)9-12(8-10)15(20)13-5-3-4-6-14(13)21-16(17,18)19/h3-6,10-12,15,20H,7-9H2,1-2H3. The van der Waals surface area contributed by atoms with Crippen LogP contribution < -0.4 is 4.74 Å². The molecule has 0 spiro atoms. The van der Waals surface area contributed by atoms with Gasteiger partial charge in [-0.15, -0.1) is 13.2 Å². The molecule has 3 atom stereocenters. The molecule has 118 valence electrons. The van der Waals surface area contributed by atoms with E-state index in [1.54, 1.807) is 6.07 Å². The molecule has 1 N–H and O–H groups in total. The van der Waals surface area contributed by atoms with Gasteiger partial charge in [0.1, 0.15) is 5.75 Å². The van der Waals surface area contributed by atoms with Gasteiger partial charge in [0.15, 0.2) is 0 Å². The lowest BCUT2D eigenvalue weighted by molar-refractivity contribution is -0.275. The number of aliphatic hydroxyl groups is 1. The molecule has 1 aromatic carbocycles. The van der Waals surface area contributed by atoms with Crippen molar-refractivity contribution < 1.29 is 23.0 Å². The van der Waals surface area contributed by atoms with Crippen molar-refractivity contribution >= 4 is 0 Å². The summed E-state index contributed by atoms with van der Waals surface area (Å²) in [4.78, 5) is 0. The molecule has 0 aliphatic heterocycles. The van der Waals surface area contributed by atoms with Crippen LogP contribution >= 0.6 is 0 Å². The van der Waals surface area contributed by atoms with Crippen LogP contribution in [0.25, 0.3) is 0 Å². The van der Waals surface area contributed by atoms with E-state index in [-0.39, 0.29) is 17.2 Å². The van der Waals surface area contributed by atoms with E-state index in [1.165, 1.54) is 18.2 Å². The molecule has 0 bridgehead atoms. The molecule has 2 rings (SSSR count). The smallest absolute Gasteiger partial charge is 0.405 e. The summed E-state index contributed by atoms with van der Waals surface area (Å²) in [5.74, 6) is 0.623. The minimum atomic E-state index is -4.75. The number of rotatable bonds is 3. The van der Waals surface area contributed by atoms with Gasteiger partial charge in [0.25, 0.3) is 0 Å². The molecular formula is C16H21F3O2. The predicted octanol–water partition coefficient (Wildman–Crippen LogP) is 4.69. The van der Waals surface area contributed by atoms with Gasteiger partial charge in [-0.3, -0.25) is 0 Å². The van der Waals surface area contributed by atoms with Gasteiger partial charge in [-0.1, -0.05) is 32.0 Å². The molecule has 1 aliphatic carbocycles. The van der Waals surface area contributed by atoms with Crippen molar-refractivity contribution in [3.63, 3.8) is 0 Å². The highest BCUT2D eigenvalue weighted by Crippen LogP contribution is 2.42. The molecule has 5 heteroatoms. The van der Waals surface area contributed by atoms with E-state index in [0.29, 0.717) is 11.8 Å². The van der Waals surface area contributed by atoms with Crippen molar-refractivity contribution in [2.45, 2.75) is 45.6 Å². The summed E-state index contributed by atoms with van der Waals surface area (Å²) in [6, 6.07) is 5.86. The fraction of sp³-hybridized carbons (Fsp3) is 0.625. The Morgan fingerprint density at radius 2 is 1.67 bits per heavy atom. The average Bonchev–Trinajstić information content (AvgIpc) is 2.35. The van der Waals surface area contributed by atoms with Crippen LogP contribution in [0.4, 0.5) is 13.2 Å². The lowest BCUT2D eigenvalue weighted by Gasteiger charge is -2.34. The monoisotopic (exact) mass is 302 g/mol. The lowest BCUT2D eigenvalue weighted by atomic mass is 9.73. The van der Waals surface area contributed by atoms with E-state index in [2.05, 4.69) is 18.6 Å². The summed E-state index contributed by atoms with van der Waals surface area (Å²) in [7, 11) is 0. The van der Waals surface area contributed by atoms with Gasteiger partial charge >= 0.3 is 6.36 Å². The van der Waals surface area contributed by atoms with Gasteiger partial charge < -0.3 is 9.84 Å². The third-order valence-electron chi connectivity index (χ3n) is 4.12. The fourth-order valence-corrected chi connectivity index (χ4v) is 3.46. The van der Waals surface area contributed by atoms with Crippen LogP contribution in [0.5, 0.6) is 5.75 Å². The van der Waals surface area contributed by atoms with Gasteiger partial charge in [0.05, 0.1) is 6.10 Å². The lowest BCUT2D eigenvalue weighted by Crippen LogP contribution is -2.26. The second-order valence-electron chi connectivity index (χ2n) is 6.21. The van der Waals surface area contributed by atoms with E-state index in [9.17, 15) is 18.3 Å². The van der Waals surface area contributed by atoms with Gasteiger partial charge in [-0.2, -0.15) is 0 Å². The molecule has 0 saturated heterocycles. The first-order valence-electron chi connectivity index (χ1n) is 7.29. The highest BCUT2D eigenvalue weighted by molar-refractivity contribution is 5.35. The van der Waals surface area contributed by atoms with E-state index < -0.39 is 12.5 Å². The SMILES string of the molecule is CC1CC(C)CC(C(O)c2ccccc2OC(F)(F)F)C1. The van der Waals surface area contributed by atoms with Gasteiger partial charge in [0.2, 0.25) is 0 Å². The van der Waals surface area contributed by atoms with E-state index in [1.807, 2.05) is 0 Å². The number of para-hydroxylation sites is 1. The molecule has 0 radical (unpaired) electrons. The molecule has 0 aromatic heterocycles. The minimum absolute atomic E-state index is 0.0262. The van der Waals surface area contributed by atoms with E-state index in [4.69, 9.17) is 0 Å². The van der Waals surface area contributed by atoms with Crippen molar-refractivity contribution in [3.05, 3.63) is 29.8 Å². The average molecular weight is 302 g/mol. The molecule has 1 fully saturated rings. The van der Waals surface area contributed by atoms with Crippen LogP contribution in [-0.2, 0) is 0 Å². The molecule has 1 aromatic rings. The molecule has 1 saturated carbocycles. The number of ether oxygens (including phenoxy) is 1. The zero-order valence-corrected chi connectivity index (χ0v) is 12.2. The Balaban J connectivity index is 2.20. The van der Waals surface area contributed by atoms with Crippen LogP contribution in [0.1, 0.15) is 44.8 Å². The van der Waals surface area contributed by atoms with Gasteiger partial charge in [-0.25, -0.2) is 0 Å². The third-order valence-corrected chi connectivity index (χ3v) is 4.12. The normalized spacial score (nSPS) is 28.2. The van der Waals surface area contributed by atoms with E-state index in [0.717, 1.165) is 19.3 Å². The maximum absolute atomic E-state index is 12.4. The van der Waals surface area contributed by atoms with E-state index >= 15 is 0 Å². The Labute approximate surface area is 122 Å². The van der Waals surface area contributed by atoms with Crippen LogP contribution in [0, 0.1) is 17.8 Å². The fourth-order valence-electron chi connectivity index (χ4n) is 3.46. The molecule has 1 aliphatic rings. The second kappa shape index (κ2) is 6.26. The van der Waals surface area contributed by atoms with Crippen molar-refractivity contribution in [2.24, 2.45) is 17.8 Å². The number of aliphatic hydroxyl groups excluding tert-OH is 1. The number of benzene rings is 1. The highest BCUT2D eigenvalue weighted by atomic mass is 19.4. The maximum Gasteiger partial charge on any atom is 0.573 e. The summed E-state index contributed by atoms with van der Waals surface area (Å²) >= 11 is 0. The van der Waals surface area contributed by atoms with Crippen LogP contribution in [0.2, 0.25) is 0 Å². The minimum Gasteiger partial charge on any atom is -0.405 e. The Hall–Kier alpha value is -1.23. The van der Waals surface area contributed by atoms with Gasteiger partial charge in [0, 0.05) is 5.56 Å². The molecule has 2 nitrogen and oxygen atoms in total. The van der Waals surface area contributed by atoms with Crippen LogP contribution in [-0.4, -0.2) is 11.5 Å². The van der Waals surface area contributed by atoms with Crippen LogP contribution in [0.3, 0.4) is 0 Å². The zero-order chi connectivity index (χ0) is 15.6. The maximum atomic E-state index is 12.4. The Morgan fingerprint density at radius 3 is 2.24 bits per heavy atom. The topological polar surface area (TPSA) is 29.5 Å². The van der Waals surface area contributed by atoms with Crippen molar-refractivity contribution in [3.8, 4) is 5.75 Å². The molecule has 3 unspecified atom stereocenters. The first kappa shape index (κ1) is 16.1. The Morgan fingerprint density at radius 1 is 1.10 bits per heavy atom. The van der Waals surface area contributed by atoms with Crippen LogP contribution in [0.15, 0.2) is 24.3 Å². The first-order chi connectivity index (χ1) is 9.76. The molecule has 21 heavy (non-hydrogen) atoms. The quantitative estimate of drug-likeness (QED) is 0.877. The highest BCUT2D eigenvalue weighted by Gasteiger charge is 2.35. The van der Waals surface area contributed by atoms with Gasteiger partial charge in [-0.05, 0) is 43.1 Å². The predicted molar refractivity (Wildman–Crippen MR) is 73.8 cm³/mol. The summed E-state index contributed by atoms with van der Waals surface area (Å²) in [5, 5.41) is 10.5. The molecular weight excluding hydrogens is 281 g/mol. The largest absolute Gasteiger partial charge is 0.573 e. The molecule has 0 amide bonds. The summed E-state index contributed by atoms with van der Waals surface area (Å²) in [6.45, 7) is 4.24. The summed E-state index contributed by atoms with van der Waals surface area (Å²) < 4.78 is 41.4. The molecule has 0 heterocycles. The third kappa shape index (κ3) is 4.37.